The van der Waals surface area contributed by atoms with E-state index in [1.165, 1.54) is 23.9 Å². The van der Waals surface area contributed by atoms with Crippen molar-refractivity contribution in [1.29, 1.82) is 0 Å². The number of fused-ring (bicyclic) bond motifs is 1. The Kier molecular flexibility index (Phi) is 4.67. The average molecular weight is 395 g/mol. The van der Waals surface area contributed by atoms with Gasteiger partial charge in [-0.1, -0.05) is 23.9 Å². The second-order valence-corrected chi connectivity index (χ2v) is 8.90. The summed E-state index contributed by atoms with van der Waals surface area (Å²) in [5, 5.41) is 12.2. The van der Waals surface area contributed by atoms with Crippen molar-refractivity contribution in [2.45, 2.75) is 35.5 Å². The molecule has 26 heavy (non-hydrogen) atoms. The fourth-order valence-corrected chi connectivity index (χ4v) is 5.56. The molecule has 1 atom stereocenters. The molecule has 0 radical (unpaired) electrons. The number of rotatable bonds is 6. The van der Waals surface area contributed by atoms with E-state index in [2.05, 4.69) is 15.5 Å². The summed E-state index contributed by atoms with van der Waals surface area (Å²) < 4.78 is 33.2. The van der Waals surface area contributed by atoms with Gasteiger partial charge in [-0.3, -0.25) is 4.79 Å². The Morgan fingerprint density at radius 3 is 2.92 bits per heavy atom. The van der Waals surface area contributed by atoms with Crippen LogP contribution in [-0.2, 0) is 21.3 Å². The van der Waals surface area contributed by atoms with Gasteiger partial charge in [0.15, 0.2) is 0 Å². The van der Waals surface area contributed by atoms with Crippen molar-refractivity contribution in [1.82, 2.24) is 24.5 Å². The van der Waals surface area contributed by atoms with E-state index < -0.39 is 15.9 Å². The summed E-state index contributed by atoms with van der Waals surface area (Å²) in [5.41, 5.74) is 0.223. The predicted octanol–water partition coefficient (Wildman–Crippen LogP) is 0.789. The second-order valence-electron chi connectivity index (χ2n) is 6.01. The largest absolute Gasteiger partial charge is 0.376 e. The van der Waals surface area contributed by atoms with Gasteiger partial charge in [-0.2, -0.15) is 0 Å². The Morgan fingerprint density at radius 1 is 1.31 bits per heavy atom. The SMILES string of the molecule is O=C1c2ccccc2S(=O)(=O)N1CCSc1nnnn1C[C@@H]1CCCO1. The Balaban J connectivity index is 1.40. The van der Waals surface area contributed by atoms with E-state index >= 15 is 0 Å². The first-order valence-corrected chi connectivity index (χ1v) is 10.7. The van der Waals surface area contributed by atoms with Gasteiger partial charge in [0.1, 0.15) is 4.90 Å². The number of amides is 1. The van der Waals surface area contributed by atoms with Gasteiger partial charge in [0, 0.05) is 18.9 Å². The molecule has 3 heterocycles. The summed E-state index contributed by atoms with van der Waals surface area (Å²) in [6, 6.07) is 6.26. The Morgan fingerprint density at radius 2 is 2.15 bits per heavy atom. The van der Waals surface area contributed by atoms with E-state index in [-0.39, 0.29) is 23.1 Å². The molecule has 1 amide bonds. The Hall–Kier alpha value is -1.98. The van der Waals surface area contributed by atoms with Crippen LogP contribution < -0.4 is 0 Å². The fourth-order valence-electron chi connectivity index (χ4n) is 3.07. The highest BCUT2D eigenvalue weighted by Crippen LogP contribution is 2.30. The predicted molar refractivity (Wildman–Crippen MR) is 92.2 cm³/mol. The number of benzene rings is 1. The average Bonchev–Trinajstić information content (AvgIpc) is 3.34. The minimum Gasteiger partial charge on any atom is -0.376 e. The first-order valence-electron chi connectivity index (χ1n) is 8.24. The lowest BCUT2D eigenvalue weighted by Crippen LogP contribution is -2.32. The van der Waals surface area contributed by atoms with E-state index in [0.717, 1.165) is 23.8 Å². The van der Waals surface area contributed by atoms with Crippen LogP contribution in [0.5, 0.6) is 0 Å². The number of hydrogen-bond acceptors (Lipinski definition) is 8. The molecule has 2 aliphatic heterocycles. The van der Waals surface area contributed by atoms with E-state index in [4.69, 9.17) is 4.74 Å². The normalized spacial score (nSPS) is 21.3. The maximum atomic E-state index is 12.5. The smallest absolute Gasteiger partial charge is 0.269 e. The Bertz CT molecular complexity index is 924. The maximum absolute atomic E-state index is 12.5. The summed E-state index contributed by atoms with van der Waals surface area (Å²) in [4.78, 5) is 12.4. The molecular weight excluding hydrogens is 378 g/mol. The maximum Gasteiger partial charge on any atom is 0.269 e. The number of aromatic nitrogens is 4. The molecule has 4 rings (SSSR count). The molecule has 11 heteroatoms. The number of tetrazole rings is 1. The third-order valence-electron chi connectivity index (χ3n) is 4.34. The minimum atomic E-state index is -3.77. The summed E-state index contributed by atoms with van der Waals surface area (Å²) in [7, 11) is -3.77. The molecule has 1 aromatic heterocycles. The third-order valence-corrected chi connectivity index (χ3v) is 7.11. The molecule has 2 aromatic rings. The van der Waals surface area contributed by atoms with E-state index in [1.807, 2.05) is 0 Å². The molecular formula is C15H17N5O4S2. The molecule has 0 unspecified atom stereocenters. The standard InChI is InChI=1S/C15H17N5O4S2/c21-14-12-5-1-2-6-13(12)26(22,23)20(14)7-9-25-15-16-17-18-19(15)10-11-4-3-8-24-11/h1-2,5-6,11H,3-4,7-10H2/t11-/m0/s1. The van der Waals surface area contributed by atoms with Crippen molar-refractivity contribution in [3.63, 3.8) is 0 Å². The lowest BCUT2D eigenvalue weighted by atomic mass is 10.2. The Labute approximate surface area is 154 Å². The number of carbonyl (C=O) groups excluding carboxylic acids is 1. The van der Waals surface area contributed by atoms with Crippen LogP contribution in [-0.4, -0.2) is 63.8 Å². The van der Waals surface area contributed by atoms with Crippen LogP contribution in [0.15, 0.2) is 34.3 Å². The number of nitrogens with zero attached hydrogens (tertiary/aromatic N) is 5. The van der Waals surface area contributed by atoms with Crippen molar-refractivity contribution >= 4 is 27.7 Å². The van der Waals surface area contributed by atoms with Gasteiger partial charge in [0.25, 0.3) is 15.9 Å². The molecule has 0 aliphatic carbocycles. The van der Waals surface area contributed by atoms with Crippen molar-refractivity contribution < 1.29 is 17.9 Å². The second kappa shape index (κ2) is 6.97. The molecule has 9 nitrogen and oxygen atoms in total. The minimum absolute atomic E-state index is 0.0628. The molecule has 0 spiro atoms. The van der Waals surface area contributed by atoms with Crippen LogP contribution in [0, 0.1) is 0 Å². The van der Waals surface area contributed by atoms with Gasteiger partial charge in [0.2, 0.25) is 5.16 Å². The fraction of sp³-hybridized carbons (Fsp3) is 0.467. The molecule has 1 saturated heterocycles. The summed E-state index contributed by atoms with van der Waals surface area (Å²) >= 11 is 1.32. The number of ether oxygens (including phenoxy) is 1. The summed E-state index contributed by atoms with van der Waals surface area (Å²) in [6.07, 6.45) is 2.11. The van der Waals surface area contributed by atoms with Crippen molar-refractivity contribution in [3.05, 3.63) is 29.8 Å². The van der Waals surface area contributed by atoms with Crippen LogP contribution in [0.2, 0.25) is 0 Å². The molecule has 138 valence electrons. The van der Waals surface area contributed by atoms with Crippen LogP contribution >= 0.6 is 11.8 Å². The van der Waals surface area contributed by atoms with E-state index in [0.29, 0.717) is 17.5 Å². The lowest BCUT2D eigenvalue weighted by Gasteiger charge is -2.14. The van der Waals surface area contributed by atoms with Gasteiger partial charge in [-0.15, -0.1) is 5.10 Å². The zero-order valence-electron chi connectivity index (χ0n) is 13.8. The highest BCUT2D eigenvalue weighted by atomic mass is 32.2. The highest BCUT2D eigenvalue weighted by molar-refractivity contribution is 7.99. The first-order chi connectivity index (χ1) is 12.6. The van der Waals surface area contributed by atoms with Crippen molar-refractivity contribution in [2.24, 2.45) is 0 Å². The third kappa shape index (κ3) is 3.10. The molecule has 0 saturated carbocycles. The zero-order valence-corrected chi connectivity index (χ0v) is 15.4. The number of hydrogen-bond donors (Lipinski definition) is 0. The van der Waals surface area contributed by atoms with Gasteiger partial charge in [0.05, 0.1) is 18.2 Å². The topological polar surface area (TPSA) is 107 Å². The lowest BCUT2D eigenvalue weighted by molar-refractivity contribution is 0.0876. The molecule has 2 aliphatic rings. The highest BCUT2D eigenvalue weighted by Gasteiger charge is 2.40. The number of carbonyl (C=O) groups is 1. The van der Waals surface area contributed by atoms with E-state index in [9.17, 15) is 13.2 Å². The summed E-state index contributed by atoms with van der Waals surface area (Å²) in [6.45, 7) is 1.39. The quantitative estimate of drug-likeness (QED) is 0.661. The molecule has 1 fully saturated rings. The van der Waals surface area contributed by atoms with Crippen LogP contribution in [0.1, 0.15) is 23.2 Å². The van der Waals surface area contributed by atoms with Gasteiger partial charge >= 0.3 is 0 Å². The van der Waals surface area contributed by atoms with Gasteiger partial charge in [-0.05, 0) is 35.4 Å². The van der Waals surface area contributed by atoms with Crippen molar-refractivity contribution in [2.75, 3.05) is 18.9 Å². The molecule has 0 N–H and O–H groups in total. The number of sulfonamides is 1. The van der Waals surface area contributed by atoms with Crippen molar-refractivity contribution in [3.8, 4) is 0 Å². The van der Waals surface area contributed by atoms with Crippen LogP contribution in [0.3, 0.4) is 0 Å². The van der Waals surface area contributed by atoms with Crippen LogP contribution in [0.25, 0.3) is 0 Å². The zero-order chi connectivity index (χ0) is 18.1. The van der Waals surface area contributed by atoms with E-state index in [1.54, 1.807) is 16.8 Å². The van der Waals surface area contributed by atoms with Gasteiger partial charge < -0.3 is 4.74 Å². The molecule has 0 bridgehead atoms. The molecule has 1 aromatic carbocycles. The first kappa shape index (κ1) is 17.4. The van der Waals surface area contributed by atoms with Gasteiger partial charge in [-0.25, -0.2) is 17.4 Å². The monoisotopic (exact) mass is 395 g/mol. The summed E-state index contributed by atoms with van der Waals surface area (Å²) in [5.74, 6) is -0.120. The number of thioether (sulfide) groups is 1. The van der Waals surface area contributed by atoms with Crippen LogP contribution in [0.4, 0.5) is 0 Å².